The average molecular weight is 438 g/mol. The normalized spacial score (nSPS) is 16.0. The van der Waals surface area contributed by atoms with Crippen molar-refractivity contribution >= 4 is 22.0 Å². The summed E-state index contributed by atoms with van der Waals surface area (Å²) < 4.78 is 26.8. The molecule has 1 aromatic carbocycles. The Balaban J connectivity index is 1.48. The number of nitrogens with zero attached hydrogens (tertiary/aromatic N) is 4. The van der Waals surface area contributed by atoms with Gasteiger partial charge in [-0.15, -0.1) is 0 Å². The summed E-state index contributed by atoms with van der Waals surface area (Å²) in [6, 6.07) is 13.5. The van der Waals surface area contributed by atoms with E-state index in [4.69, 9.17) is 0 Å². The van der Waals surface area contributed by atoms with E-state index in [9.17, 15) is 13.2 Å². The first-order valence-electron chi connectivity index (χ1n) is 10.0. The van der Waals surface area contributed by atoms with Gasteiger partial charge in [-0.3, -0.25) is 9.78 Å². The van der Waals surface area contributed by atoms with Gasteiger partial charge in [-0.25, -0.2) is 17.4 Å². The minimum absolute atomic E-state index is 0.184. The minimum atomic E-state index is -3.15. The molecule has 0 unspecified atom stereocenters. The molecule has 0 atom stereocenters. The molecule has 8 nitrogen and oxygen atoms in total. The van der Waals surface area contributed by atoms with Gasteiger partial charge < -0.3 is 5.32 Å². The van der Waals surface area contributed by atoms with Gasteiger partial charge in [0.15, 0.2) is 0 Å². The van der Waals surface area contributed by atoms with Crippen molar-refractivity contribution in [3.8, 4) is 16.9 Å². The zero-order valence-corrected chi connectivity index (χ0v) is 17.7. The van der Waals surface area contributed by atoms with Crippen LogP contribution in [0.1, 0.15) is 12.0 Å². The van der Waals surface area contributed by atoms with E-state index in [1.165, 1.54) is 10.4 Å². The summed E-state index contributed by atoms with van der Waals surface area (Å²) in [6.07, 6.45) is 9.06. The van der Waals surface area contributed by atoms with Crippen LogP contribution in [0, 0.1) is 0 Å². The van der Waals surface area contributed by atoms with Crippen LogP contribution >= 0.6 is 0 Å². The van der Waals surface area contributed by atoms with E-state index < -0.39 is 10.0 Å². The quantitative estimate of drug-likeness (QED) is 0.571. The van der Waals surface area contributed by atoms with Gasteiger partial charge in [-0.2, -0.15) is 5.10 Å². The fourth-order valence-corrected chi connectivity index (χ4v) is 4.95. The number of aromatic nitrogens is 3. The molecule has 0 aliphatic carbocycles. The van der Waals surface area contributed by atoms with Crippen LogP contribution < -0.4 is 5.32 Å². The fraction of sp³-hybridized carbons (Fsp3) is 0.227. The van der Waals surface area contributed by atoms with Crippen LogP contribution in [0.2, 0.25) is 0 Å². The molecule has 31 heavy (non-hydrogen) atoms. The molecule has 0 bridgehead atoms. The largest absolute Gasteiger partial charge is 0.351 e. The van der Waals surface area contributed by atoms with Crippen molar-refractivity contribution in [3.05, 3.63) is 72.7 Å². The maximum atomic E-state index is 12.3. The van der Waals surface area contributed by atoms with Crippen molar-refractivity contribution in [2.75, 3.05) is 25.4 Å². The van der Waals surface area contributed by atoms with Crippen LogP contribution in [-0.2, 0) is 14.8 Å². The number of para-hydroxylation sites is 1. The van der Waals surface area contributed by atoms with Crippen LogP contribution in [0.4, 0.5) is 0 Å². The van der Waals surface area contributed by atoms with E-state index in [0.717, 1.165) is 16.8 Å². The van der Waals surface area contributed by atoms with E-state index in [1.54, 1.807) is 23.2 Å². The number of hydrogen-bond donors (Lipinski definition) is 1. The Morgan fingerprint density at radius 1 is 1.16 bits per heavy atom. The molecule has 1 amide bonds. The standard InChI is InChI=1S/C22H23N5O3S/c28-21(24-12-14-26-13-5-15-31(26,29)30)10-9-19-17-27(20-7-2-1-3-8-20)25-22(19)18-6-4-11-23-16-18/h1-4,6-11,16-17H,5,12-15H2,(H,24,28)/b10-9+. The van der Waals surface area contributed by atoms with Gasteiger partial charge in [0.25, 0.3) is 0 Å². The molecule has 1 fully saturated rings. The highest BCUT2D eigenvalue weighted by Crippen LogP contribution is 2.24. The summed E-state index contributed by atoms with van der Waals surface area (Å²) in [5.74, 6) is -0.107. The summed E-state index contributed by atoms with van der Waals surface area (Å²) in [5, 5.41) is 7.42. The minimum Gasteiger partial charge on any atom is -0.351 e. The number of carbonyl (C=O) groups excluding carboxylic acids is 1. The highest BCUT2D eigenvalue weighted by Gasteiger charge is 2.27. The molecular formula is C22H23N5O3S. The molecule has 0 radical (unpaired) electrons. The monoisotopic (exact) mass is 437 g/mol. The van der Waals surface area contributed by atoms with E-state index in [1.807, 2.05) is 48.7 Å². The molecule has 3 aromatic rings. The van der Waals surface area contributed by atoms with Crippen molar-refractivity contribution < 1.29 is 13.2 Å². The summed E-state index contributed by atoms with van der Waals surface area (Å²) in [5.41, 5.74) is 3.23. The van der Waals surface area contributed by atoms with Crippen LogP contribution in [0.3, 0.4) is 0 Å². The predicted molar refractivity (Wildman–Crippen MR) is 119 cm³/mol. The third-order valence-electron chi connectivity index (χ3n) is 4.98. The van der Waals surface area contributed by atoms with Crippen molar-refractivity contribution in [1.82, 2.24) is 24.4 Å². The Morgan fingerprint density at radius 2 is 2.00 bits per heavy atom. The maximum Gasteiger partial charge on any atom is 0.244 e. The van der Waals surface area contributed by atoms with E-state index >= 15 is 0 Å². The van der Waals surface area contributed by atoms with Gasteiger partial charge in [0.05, 0.1) is 11.4 Å². The topological polar surface area (TPSA) is 97.2 Å². The molecule has 1 aliphatic rings. The summed E-state index contributed by atoms with van der Waals surface area (Å²) in [6.45, 7) is 1.07. The summed E-state index contributed by atoms with van der Waals surface area (Å²) in [4.78, 5) is 16.4. The smallest absolute Gasteiger partial charge is 0.244 e. The zero-order chi connectivity index (χ0) is 21.7. The third kappa shape index (κ3) is 5.07. The second-order valence-corrected chi connectivity index (χ2v) is 9.24. The number of pyridine rings is 1. The molecule has 1 saturated heterocycles. The Morgan fingerprint density at radius 3 is 2.71 bits per heavy atom. The van der Waals surface area contributed by atoms with Gasteiger partial charge in [-0.1, -0.05) is 18.2 Å². The van der Waals surface area contributed by atoms with Crippen LogP contribution in [0.5, 0.6) is 0 Å². The van der Waals surface area contributed by atoms with Crippen LogP contribution in [-0.4, -0.2) is 58.8 Å². The number of sulfonamides is 1. The van der Waals surface area contributed by atoms with Gasteiger partial charge in [0, 0.05) is 55.4 Å². The highest BCUT2D eigenvalue weighted by molar-refractivity contribution is 7.89. The first kappa shape index (κ1) is 21.0. The Hall–Kier alpha value is -3.30. The Labute approximate surface area is 181 Å². The lowest BCUT2D eigenvalue weighted by Crippen LogP contribution is -2.35. The van der Waals surface area contributed by atoms with Crippen LogP contribution in [0.25, 0.3) is 23.0 Å². The second-order valence-electron chi connectivity index (χ2n) is 7.15. The molecular weight excluding hydrogens is 414 g/mol. The molecule has 1 aliphatic heterocycles. The lowest BCUT2D eigenvalue weighted by Gasteiger charge is -2.13. The zero-order valence-electron chi connectivity index (χ0n) is 16.9. The van der Waals surface area contributed by atoms with Crippen molar-refractivity contribution in [2.24, 2.45) is 0 Å². The number of nitrogens with one attached hydrogen (secondary N) is 1. The molecule has 0 saturated carbocycles. The number of hydrogen-bond acceptors (Lipinski definition) is 5. The lowest BCUT2D eigenvalue weighted by molar-refractivity contribution is -0.116. The van der Waals surface area contributed by atoms with Crippen molar-refractivity contribution in [3.63, 3.8) is 0 Å². The highest BCUT2D eigenvalue weighted by atomic mass is 32.2. The lowest BCUT2D eigenvalue weighted by atomic mass is 10.1. The molecule has 2 aromatic heterocycles. The van der Waals surface area contributed by atoms with Gasteiger partial charge in [0.1, 0.15) is 5.69 Å². The summed E-state index contributed by atoms with van der Waals surface area (Å²) >= 11 is 0. The number of carbonyl (C=O) groups is 1. The van der Waals surface area contributed by atoms with Gasteiger partial charge in [0.2, 0.25) is 15.9 Å². The fourth-order valence-electron chi connectivity index (χ4n) is 3.42. The number of amides is 1. The van der Waals surface area contributed by atoms with E-state index in [-0.39, 0.29) is 24.7 Å². The molecule has 0 spiro atoms. The van der Waals surface area contributed by atoms with Gasteiger partial charge in [-0.05, 0) is 36.8 Å². The number of benzene rings is 1. The van der Waals surface area contributed by atoms with Crippen molar-refractivity contribution in [1.29, 1.82) is 0 Å². The van der Waals surface area contributed by atoms with E-state index in [0.29, 0.717) is 18.7 Å². The third-order valence-corrected chi connectivity index (χ3v) is 6.93. The number of rotatable bonds is 7. The molecule has 9 heteroatoms. The SMILES string of the molecule is O=C(/C=C/c1cn(-c2ccccc2)nc1-c1cccnc1)NCCN1CCCS1(=O)=O. The second kappa shape index (κ2) is 9.23. The Bertz CT molecular complexity index is 1170. The van der Waals surface area contributed by atoms with E-state index in [2.05, 4.69) is 15.4 Å². The maximum absolute atomic E-state index is 12.3. The Kier molecular flexibility index (Phi) is 6.24. The summed E-state index contributed by atoms with van der Waals surface area (Å²) in [7, 11) is -3.15. The average Bonchev–Trinajstić information content (AvgIpc) is 3.36. The van der Waals surface area contributed by atoms with Crippen molar-refractivity contribution in [2.45, 2.75) is 6.42 Å². The molecule has 1 N–H and O–H groups in total. The molecule has 4 rings (SSSR count). The first-order valence-corrected chi connectivity index (χ1v) is 11.6. The van der Waals surface area contributed by atoms with Crippen LogP contribution in [0.15, 0.2) is 67.1 Å². The van der Waals surface area contributed by atoms with Gasteiger partial charge >= 0.3 is 0 Å². The molecule has 3 heterocycles. The predicted octanol–water partition coefficient (Wildman–Crippen LogP) is 2.10. The first-order chi connectivity index (χ1) is 15.0. The molecule has 160 valence electrons.